The highest BCUT2D eigenvalue weighted by Gasteiger charge is 2.30. The average molecular weight is 220 g/mol. The zero-order chi connectivity index (χ0) is 11.0. The summed E-state index contributed by atoms with van der Waals surface area (Å²) in [5.41, 5.74) is 7.28. The van der Waals surface area contributed by atoms with E-state index < -0.39 is 0 Å². The zero-order valence-electron chi connectivity index (χ0n) is 9.68. The third-order valence-corrected chi connectivity index (χ3v) is 3.78. The van der Waals surface area contributed by atoms with Crippen LogP contribution in [0.3, 0.4) is 0 Å². The summed E-state index contributed by atoms with van der Waals surface area (Å²) < 4.78 is 2.34. The fraction of sp³-hybridized carbons (Fsp3) is 0.750. The zero-order valence-corrected chi connectivity index (χ0v) is 9.68. The van der Waals surface area contributed by atoms with Gasteiger partial charge in [0.2, 0.25) is 0 Å². The number of aromatic nitrogens is 2. The normalized spacial score (nSPS) is 23.8. The molecule has 2 fully saturated rings. The summed E-state index contributed by atoms with van der Waals surface area (Å²) in [5.74, 6) is 0. The second-order valence-electron chi connectivity index (χ2n) is 4.95. The third-order valence-electron chi connectivity index (χ3n) is 3.78. The van der Waals surface area contributed by atoms with Crippen molar-refractivity contribution in [3.05, 3.63) is 18.2 Å². The number of likely N-dealkylation sites (tertiary alicyclic amines) is 1. The molecule has 1 aromatic heterocycles. The van der Waals surface area contributed by atoms with Gasteiger partial charge < -0.3 is 10.3 Å². The van der Waals surface area contributed by atoms with Gasteiger partial charge in [-0.25, -0.2) is 4.98 Å². The molecule has 1 aromatic rings. The van der Waals surface area contributed by atoms with E-state index in [1.165, 1.54) is 44.5 Å². The monoisotopic (exact) mass is 220 g/mol. The van der Waals surface area contributed by atoms with E-state index in [1.807, 2.05) is 12.5 Å². The lowest BCUT2D eigenvalue weighted by atomic mass is 10.2. The molecule has 0 bridgehead atoms. The Kier molecular flexibility index (Phi) is 2.69. The summed E-state index contributed by atoms with van der Waals surface area (Å²) in [6.07, 6.45) is 9.23. The number of nitrogens with zero attached hydrogens (tertiary/aromatic N) is 3. The highest BCUT2D eigenvalue weighted by Crippen LogP contribution is 2.38. The van der Waals surface area contributed by atoms with E-state index in [9.17, 15) is 0 Å². The average Bonchev–Trinajstić information content (AvgIpc) is 2.83. The van der Waals surface area contributed by atoms with E-state index in [-0.39, 0.29) is 0 Å². The van der Waals surface area contributed by atoms with Gasteiger partial charge in [0.15, 0.2) is 0 Å². The van der Waals surface area contributed by atoms with Crippen LogP contribution in [0.2, 0.25) is 0 Å². The molecule has 2 aliphatic rings. The van der Waals surface area contributed by atoms with Crippen LogP contribution in [0, 0.1) is 0 Å². The summed E-state index contributed by atoms with van der Waals surface area (Å²) in [7, 11) is 0. The Hall–Kier alpha value is -0.870. The van der Waals surface area contributed by atoms with Crippen LogP contribution in [0.5, 0.6) is 0 Å². The van der Waals surface area contributed by atoms with Gasteiger partial charge in [0.05, 0.1) is 18.1 Å². The minimum absolute atomic E-state index is 0.380. The van der Waals surface area contributed by atoms with Gasteiger partial charge in [-0.05, 0) is 38.8 Å². The maximum atomic E-state index is 5.95. The molecule has 1 atom stereocenters. The van der Waals surface area contributed by atoms with Gasteiger partial charge in [-0.15, -0.1) is 0 Å². The van der Waals surface area contributed by atoms with Crippen LogP contribution in [-0.4, -0.2) is 34.1 Å². The quantitative estimate of drug-likeness (QED) is 0.832. The van der Waals surface area contributed by atoms with Crippen molar-refractivity contribution in [1.82, 2.24) is 14.5 Å². The molecule has 16 heavy (non-hydrogen) atoms. The Morgan fingerprint density at radius 1 is 1.38 bits per heavy atom. The van der Waals surface area contributed by atoms with E-state index in [0.29, 0.717) is 18.6 Å². The van der Waals surface area contributed by atoms with Crippen molar-refractivity contribution in [2.45, 2.75) is 37.8 Å². The predicted octanol–water partition coefficient (Wildman–Crippen LogP) is 1.31. The van der Waals surface area contributed by atoms with Crippen LogP contribution >= 0.6 is 0 Å². The number of hydrogen-bond acceptors (Lipinski definition) is 3. The Balaban J connectivity index is 1.84. The molecule has 0 radical (unpaired) electrons. The first-order chi connectivity index (χ1) is 7.90. The maximum absolute atomic E-state index is 5.95. The van der Waals surface area contributed by atoms with Crippen molar-refractivity contribution in [2.75, 3.05) is 19.6 Å². The molecule has 3 rings (SSSR count). The largest absolute Gasteiger partial charge is 0.330 e. The summed E-state index contributed by atoms with van der Waals surface area (Å²) in [6.45, 7) is 3.09. The molecule has 0 amide bonds. The second-order valence-corrected chi connectivity index (χ2v) is 4.95. The Morgan fingerprint density at radius 3 is 2.75 bits per heavy atom. The molecule has 2 heterocycles. The van der Waals surface area contributed by atoms with Crippen LogP contribution < -0.4 is 5.73 Å². The molecule has 1 saturated heterocycles. The Morgan fingerprint density at radius 2 is 2.12 bits per heavy atom. The van der Waals surface area contributed by atoms with E-state index in [4.69, 9.17) is 5.73 Å². The summed E-state index contributed by atoms with van der Waals surface area (Å²) >= 11 is 0. The lowest BCUT2D eigenvalue weighted by Crippen LogP contribution is -2.32. The number of nitrogens with two attached hydrogens (primary N) is 1. The first kappa shape index (κ1) is 10.3. The molecule has 88 valence electrons. The van der Waals surface area contributed by atoms with Gasteiger partial charge >= 0.3 is 0 Å². The smallest absolute Gasteiger partial charge is 0.0951 e. The fourth-order valence-corrected chi connectivity index (χ4v) is 2.74. The molecule has 1 unspecified atom stereocenters. The number of hydrogen-bond donors (Lipinski definition) is 1. The lowest BCUT2D eigenvalue weighted by molar-refractivity contribution is 0.241. The standard InChI is InChI=1S/C12H20N4/c13-7-11(15-5-1-2-6-15)12-8-14-9-16(12)10-3-4-10/h8-11H,1-7,13H2. The number of rotatable bonds is 4. The lowest BCUT2D eigenvalue weighted by Gasteiger charge is -2.27. The molecule has 1 aliphatic heterocycles. The highest BCUT2D eigenvalue weighted by atomic mass is 15.2. The van der Waals surface area contributed by atoms with Crippen molar-refractivity contribution in [3.63, 3.8) is 0 Å². The van der Waals surface area contributed by atoms with E-state index in [1.54, 1.807) is 0 Å². The summed E-state index contributed by atoms with van der Waals surface area (Å²) in [6, 6.07) is 1.08. The summed E-state index contributed by atoms with van der Waals surface area (Å²) in [4.78, 5) is 6.81. The van der Waals surface area contributed by atoms with Gasteiger partial charge in [0.25, 0.3) is 0 Å². The van der Waals surface area contributed by atoms with Crippen molar-refractivity contribution in [3.8, 4) is 0 Å². The maximum Gasteiger partial charge on any atom is 0.0951 e. The van der Waals surface area contributed by atoms with E-state index in [0.717, 1.165) is 0 Å². The van der Waals surface area contributed by atoms with Gasteiger partial charge in [0, 0.05) is 18.8 Å². The highest BCUT2D eigenvalue weighted by molar-refractivity contribution is 5.10. The molecule has 0 spiro atoms. The van der Waals surface area contributed by atoms with Crippen LogP contribution in [0.4, 0.5) is 0 Å². The predicted molar refractivity (Wildman–Crippen MR) is 63.1 cm³/mol. The van der Waals surface area contributed by atoms with Gasteiger partial charge in [0.1, 0.15) is 0 Å². The van der Waals surface area contributed by atoms with Crippen LogP contribution in [0.25, 0.3) is 0 Å². The fourth-order valence-electron chi connectivity index (χ4n) is 2.74. The van der Waals surface area contributed by atoms with Crippen molar-refractivity contribution >= 4 is 0 Å². The Bertz CT molecular complexity index is 350. The number of imidazole rings is 1. The van der Waals surface area contributed by atoms with Crippen molar-refractivity contribution in [2.24, 2.45) is 5.73 Å². The van der Waals surface area contributed by atoms with Crippen molar-refractivity contribution in [1.29, 1.82) is 0 Å². The van der Waals surface area contributed by atoms with Gasteiger partial charge in [-0.1, -0.05) is 0 Å². The van der Waals surface area contributed by atoms with Crippen LogP contribution in [0.15, 0.2) is 12.5 Å². The topological polar surface area (TPSA) is 47.1 Å². The molecule has 0 aromatic carbocycles. The SMILES string of the molecule is NCC(c1cncn1C1CC1)N1CCCC1. The molecular formula is C12H20N4. The van der Waals surface area contributed by atoms with E-state index >= 15 is 0 Å². The summed E-state index contributed by atoms with van der Waals surface area (Å²) in [5, 5.41) is 0. The van der Waals surface area contributed by atoms with Crippen LogP contribution in [-0.2, 0) is 0 Å². The third kappa shape index (κ3) is 1.76. The molecule has 1 saturated carbocycles. The molecular weight excluding hydrogens is 200 g/mol. The van der Waals surface area contributed by atoms with Crippen LogP contribution in [0.1, 0.15) is 43.5 Å². The Labute approximate surface area is 96.4 Å². The molecule has 4 nitrogen and oxygen atoms in total. The minimum atomic E-state index is 0.380. The first-order valence-corrected chi connectivity index (χ1v) is 6.36. The first-order valence-electron chi connectivity index (χ1n) is 6.36. The van der Waals surface area contributed by atoms with Gasteiger partial charge in [-0.3, -0.25) is 4.90 Å². The van der Waals surface area contributed by atoms with Gasteiger partial charge in [-0.2, -0.15) is 0 Å². The van der Waals surface area contributed by atoms with Crippen molar-refractivity contribution < 1.29 is 0 Å². The minimum Gasteiger partial charge on any atom is -0.330 e. The molecule has 4 heteroatoms. The molecule has 1 aliphatic carbocycles. The van der Waals surface area contributed by atoms with E-state index in [2.05, 4.69) is 14.5 Å². The second kappa shape index (κ2) is 4.18. The molecule has 2 N–H and O–H groups in total.